The van der Waals surface area contributed by atoms with Gasteiger partial charge in [-0.05, 0) is 62.4 Å². The number of nitrogens with one attached hydrogen (secondary N) is 1. The van der Waals surface area contributed by atoms with E-state index < -0.39 is 0 Å². The fraction of sp³-hybridized carbons (Fsp3) is 0.360. The summed E-state index contributed by atoms with van der Waals surface area (Å²) in [4.78, 5) is 32.0. The number of halogens is 1. The second kappa shape index (κ2) is 8.98. The van der Waals surface area contributed by atoms with E-state index in [2.05, 4.69) is 15.4 Å². The van der Waals surface area contributed by atoms with Crippen molar-refractivity contribution in [1.29, 1.82) is 0 Å². The molecule has 7 nitrogen and oxygen atoms in total. The molecule has 2 amide bonds. The quantitative estimate of drug-likeness (QED) is 0.599. The topological polar surface area (TPSA) is 80.1 Å². The molecule has 1 aliphatic heterocycles. The van der Waals surface area contributed by atoms with Crippen LogP contribution in [0.25, 0.3) is 5.69 Å². The smallest absolute Gasteiger partial charge is 0.257 e. The highest BCUT2D eigenvalue weighted by Crippen LogP contribution is 2.43. The van der Waals surface area contributed by atoms with Crippen molar-refractivity contribution < 1.29 is 9.59 Å². The number of likely N-dealkylation sites (tertiary alicyclic amines) is 1. The molecular weight excluding hydrogens is 438 g/mol. The van der Waals surface area contributed by atoms with Crippen LogP contribution in [0.15, 0.2) is 48.8 Å². The number of anilines is 1. The summed E-state index contributed by atoms with van der Waals surface area (Å²) < 4.78 is 1.86. The molecule has 2 fully saturated rings. The highest BCUT2D eigenvalue weighted by atomic mass is 35.5. The van der Waals surface area contributed by atoms with E-state index in [4.69, 9.17) is 11.6 Å². The van der Waals surface area contributed by atoms with Crippen molar-refractivity contribution in [3.63, 3.8) is 0 Å². The molecule has 3 heterocycles. The molecule has 0 unspecified atom stereocenters. The van der Waals surface area contributed by atoms with Gasteiger partial charge in [0.25, 0.3) is 5.91 Å². The number of carbonyl (C=O) groups excluding carboxylic acids is 2. The summed E-state index contributed by atoms with van der Waals surface area (Å²) >= 11 is 6.34. The number of rotatable bonds is 5. The maximum atomic E-state index is 13.4. The van der Waals surface area contributed by atoms with Gasteiger partial charge >= 0.3 is 0 Å². The van der Waals surface area contributed by atoms with E-state index in [0.717, 1.165) is 29.8 Å². The summed E-state index contributed by atoms with van der Waals surface area (Å²) in [5.74, 6) is 0.719. The molecule has 1 saturated heterocycles. The van der Waals surface area contributed by atoms with Crippen LogP contribution in [0.4, 0.5) is 5.82 Å². The molecule has 170 valence electrons. The third-order valence-electron chi connectivity index (χ3n) is 6.47. The largest absolute Gasteiger partial charge is 0.338 e. The molecule has 0 atom stereocenters. The lowest BCUT2D eigenvalue weighted by atomic mass is 9.95. The summed E-state index contributed by atoms with van der Waals surface area (Å²) in [5.41, 5.74) is 3.50. The van der Waals surface area contributed by atoms with Crippen LogP contribution in [0.1, 0.15) is 53.2 Å². The summed E-state index contributed by atoms with van der Waals surface area (Å²) in [5, 5.41) is 8.12. The van der Waals surface area contributed by atoms with Gasteiger partial charge in [0.05, 0.1) is 23.1 Å². The average Bonchev–Trinajstić information content (AvgIpc) is 3.59. The summed E-state index contributed by atoms with van der Waals surface area (Å²) in [6.45, 7) is 3.06. The zero-order valence-corrected chi connectivity index (χ0v) is 19.3. The van der Waals surface area contributed by atoms with E-state index >= 15 is 0 Å². The first-order valence-corrected chi connectivity index (χ1v) is 11.7. The Morgan fingerprint density at radius 3 is 2.55 bits per heavy atom. The molecule has 33 heavy (non-hydrogen) atoms. The molecule has 1 aliphatic carbocycles. The molecule has 1 saturated carbocycles. The van der Waals surface area contributed by atoms with Crippen molar-refractivity contribution in [3.8, 4) is 5.69 Å². The zero-order valence-electron chi connectivity index (χ0n) is 18.5. The second-order valence-corrected chi connectivity index (χ2v) is 9.24. The van der Waals surface area contributed by atoms with Crippen LogP contribution >= 0.6 is 11.6 Å². The molecule has 1 aromatic carbocycles. The lowest BCUT2D eigenvalue weighted by Gasteiger charge is -2.31. The SMILES string of the molecule is Cc1ccc(-n2ncc(C(=O)N3CCC(C(=O)Nc4ccccn4)CC3)c2C2CC2)cc1Cl. The predicted molar refractivity (Wildman–Crippen MR) is 127 cm³/mol. The van der Waals surface area contributed by atoms with E-state index in [0.29, 0.717) is 48.3 Å². The maximum absolute atomic E-state index is 13.4. The van der Waals surface area contributed by atoms with E-state index in [1.807, 2.05) is 46.8 Å². The van der Waals surface area contributed by atoms with E-state index in [9.17, 15) is 9.59 Å². The summed E-state index contributed by atoms with van der Waals surface area (Å²) in [6, 6.07) is 11.3. The Hall–Kier alpha value is -3.19. The highest BCUT2D eigenvalue weighted by Gasteiger charge is 2.35. The van der Waals surface area contributed by atoms with E-state index in [1.165, 1.54) is 0 Å². The molecule has 2 aliphatic rings. The van der Waals surface area contributed by atoms with Gasteiger partial charge in [0.15, 0.2) is 0 Å². The minimum Gasteiger partial charge on any atom is -0.338 e. The van der Waals surface area contributed by atoms with Crippen molar-refractivity contribution in [3.05, 3.63) is 70.6 Å². The number of hydrogen-bond donors (Lipinski definition) is 1. The molecule has 0 spiro atoms. The number of carbonyl (C=O) groups is 2. The van der Waals surface area contributed by atoms with Crippen molar-refractivity contribution in [1.82, 2.24) is 19.7 Å². The van der Waals surface area contributed by atoms with Crippen LogP contribution < -0.4 is 5.32 Å². The van der Waals surface area contributed by atoms with Gasteiger partial charge in [-0.1, -0.05) is 23.7 Å². The van der Waals surface area contributed by atoms with Gasteiger partial charge in [-0.15, -0.1) is 0 Å². The third-order valence-corrected chi connectivity index (χ3v) is 6.88. The number of benzene rings is 1. The van der Waals surface area contributed by atoms with Crippen LogP contribution in [0.2, 0.25) is 5.02 Å². The lowest BCUT2D eigenvalue weighted by molar-refractivity contribution is -0.121. The Bertz CT molecular complexity index is 1180. The number of pyridine rings is 1. The van der Waals surface area contributed by atoms with Crippen molar-refractivity contribution in [2.75, 3.05) is 18.4 Å². The first kappa shape index (κ1) is 21.6. The Morgan fingerprint density at radius 2 is 1.88 bits per heavy atom. The number of hydrogen-bond acceptors (Lipinski definition) is 4. The first-order valence-electron chi connectivity index (χ1n) is 11.4. The number of aryl methyl sites for hydroxylation is 1. The number of piperidine rings is 1. The molecule has 1 N–H and O–H groups in total. The molecule has 2 aromatic heterocycles. The van der Waals surface area contributed by atoms with Crippen LogP contribution in [-0.2, 0) is 4.79 Å². The average molecular weight is 464 g/mol. The number of nitrogens with zero attached hydrogens (tertiary/aromatic N) is 4. The molecule has 0 bridgehead atoms. The molecule has 3 aromatic rings. The summed E-state index contributed by atoms with van der Waals surface area (Å²) in [7, 11) is 0. The van der Waals surface area contributed by atoms with Gasteiger partial charge in [-0.2, -0.15) is 5.10 Å². The van der Waals surface area contributed by atoms with Crippen LogP contribution in [0.5, 0.6) is 0 Å². The minimum absolute atomic E-state index is 0.00931. The lowest BCUT2D eigenvalue weighted by Crippen LogP contribution is -2.41. The molecule has 0 radical (unpaired) electrons. The monoisotopic (exact) mass is 463 g/mol. The van der Waals surface area contributed by atoms with Gasteiger partial charge in [0, 0.05) is 36.1 Å². The Labute approximate surface area is 197 Å². The fourth-order valence-corrected chi connectivity index (χ4v) is 4.55. The fourth-order valence-electron chi connectivity index (χ4n) is 4.37. The van der Waals surface area contributed by atoms with Gasteiger partial charge in [0.2, 0.25) is 5.91 Å². The molecular formula is C25H26ClN5O2. The Morgan fingerprint density at radius 1 is 1.09 bits per heavy atom. The second-order valence-electron chi connectivity index (χ2n) is 8.83. The van der Waals surface area contributed by atoms with Crippen molar-refractivity contribution in [2.24, 2.45) is 5.92 Å². The third kappa shape index (κ3) is 4.50. The number of amides is 2. The van der Waals surface area contributed by atoms with Crippen molar-refractivity contribution >= 4 is 29.2 Å². The van der Waals surface area contributed by atoms with Gasteiger partial charge in [-0.3, -0.25) is 9.59 Å². The van der Waals surface area contributed by atoms with Crippen LogP contribution in [-0.4, -0.2) is 44.6 Å². The molecule has 5 rings (SSSR count). The van der Waals surface area contributed by atoms with Crippen LogP contribution in [0.3, 0.4) is 0 Å². The summed E-state index contributed by atoms with van der Waals surface area (Å²) in [6.07, 6.45) is 6.71. The van der Waals surface area contributed by atoms with Gasteiger partial charge in [0.1, 0.15) is 5.82 Å². The normalized spacial score (nSPS) is 16.6. The highest BCUT2D eigenvalue weighted by molar-refractivity contribution is 6.31. The first-order chi connectivity index (χ1) is 16.0. The van der Waals surface area contributed by atoms with Crippen molar-refractivity contribution in [2.45, 2.75) is 38.5 Å². The van der Waals surface area contributed by atoms with Gasteiger partial charge in [-0.25, -0.2) is 9.67 Å². The van der Waals surface area contributed by atoms with E-state index in [-0.39, 0.29) is 17.7 Å². The van der Waals surface area contributed by atoms with Gasteiger partial charge < -0.3 is 10.2 Å². The standard InChI is InChI=1S/C25H26ClN5O2/c1-16-5-8-19(14-21(16)26)31-23(17-6-7-17)20(15-28-31)25(33)30-12-9-18(10-13-30)24(32)29-22-4-2-3-11-27-22/h2-5,8,11,14-15,17-18H,6-7,9-10,12-13H2,1H3,(H,27,29,32). The maximum Gasteiger partial charge on any atom is 0.257 e. The van der Waals surface area contributed by atoms with Crippen LogP contribution in [0, 0.1) is 12.8 Å². The predicted octanol–water partition coefficient (Wildman–Crippen LogP) is 4.60. The molecule has 8 heteroatoms. The van der Waals surface area contributed by atoms with E-state index in [1.54, 1.807) is 18.5 Å². The Kier molecular flexibility index (Phi) is 5.89. The minimum atomic E-state index is -0.128. The Balaban J connectivity index is 1.29. The zero-order chi connectivity index (χ0) is 22.9. The number of aromatic nitrogens is 3.